The number of rotatable bonds is 3. The van der Waals surface area contributed by atoms with E-state index in [4.69, 9.17) is 0 Å². The minimum Gasteiger partial charge on any atom is -0.252 e. The first kappa shape index (κ1) is 13.8. The molecule has 0 unspecified atom stereocenters. The van der Waals surface area contributed by atoms with Gasteiger partial charge in [0.15, 0.2) is 9.84 Å². The summed E-state index contributed by atoms with van der Waals surface area (Å²) in [7, 11) is -3.37. The Kier molecular flexibility index (Phi) is 3.47. The largest absolute Gasteiger partial charge is 0.252 e. The third kappa shape index (κ3) is 2.95. The highest BCUT2D eigenvalue weighted by Gasteiger charge is 2.16. The van der Waals surface area contributed by atoms with Crippen molar-refractivity contribution in [3.63, 3.8) is 0 Å². The first-order chi connectivity index (χ1) is 10.0. The topological polar surface area (TPSA) is 47.0 Å². The molecule has 0 saturated heterocycles. The maximum Gasteiger partial charge on any atom is 0.184 e. The van der Waals surface area contributed by atoms with Gasteiger partial charge in [-0.1, -0.05) is 36.4 Å². The molecule has 1 aromatic heterocycles. The molecule has 3 rings (SSSR count). The Balaban J connectivity index is 1.97. The summed E-state index contributed by atoms with van der Waals surface area (Å²) in [5.41, 5.74) is 2.31. The van der Waals surface area contributed by atoms with Gasteiger partial charge in [0, 0.05) is 5.39 Å². The molecule has 0 aliphatic heterocycles. The molecule has 21 heavy (non-hydrogen) atoms. The average Bonchev–Trinajstić information content (AvgIpc) is 2.47. The van der Waals surface area contributed by atoms with Gasteiger partial charge in [-0.25, -0.2) is 8.42 Å². The highest BCUT2D eigenvalue weighted by Crippen LogP contribution is 2.18. The highest BCUT2D eigenvalue weighted by molar-refractivity contribution is 7.90. The van der Waals surface area contributed by atoms with E-state index in [9.17, 15) is 8.42 Å². The molecule has 0 bridgehead atoms. The lowest BCUT2D eigenvalue weighted by atomic mass is 10.2. The molecule has 0 atom stereocenters. The Bertz CT molecular complexity index is 901. The molecule has 0 aliphatic carbocycles. The van der Waals surface area contributed by atoms with Crippen molar-refractivity contribution in [2.24, 2.45) is 0 Å². The second kappa shape index (κ2) is 5.30. The van der Waals surface area contributed by atoms with E-state index in [0.29, 0.717) is 10.6 Å². The van der Waals surface area contributed by atoms with Crippen LogP contribution < -0.4 is 0 Å². The molecule has 4 heteroatoms. The van der Waals surface area contributed by atoms with Crippen LogP contribution in [0.15, 0.2) is 65.6 Å². The number of fused-ring (bicyclic) bond motifs is 1. The molecule has 0 amide bonds. The third-order valence-corrected chi connectivity index (χ3v) is 4.99. The SMILES string of the molecule is Cc1cccc(S(=O)(=O)Cc2ccc3ccccc3n2)c1. The van der Waals surface area contributed by atoms with Gasteiger partial charge >= 0.3 is 0 Å². The summed E-state index contributed by atoms with van der Waals surface area (Å²) in [6.45, 7) is 1.88. The molecule has 0 N–H and O–H groups in total. The molecule has 0 spiro atoms. The zero-order chi connectivity index (χ0) is 14.9. The second-order valence-corrected chi connectivity index (χ2v) is 7.06. The number of benzene rings is 2. The number of pyridine rings is 1. The van der Waals surface area contributed by atoms with Gasteiger partial charge in [0.1, 0.15) is 0 Å². The minimum atomic E-state index is -3.37. The summed E-state index contributed by atoms with van der Waals surface area (Å²) in [4.78, 5) is 4.77. The molecule has 0 radical (unpaired) electrons. The Labute approximate surface area is 124 Å². The fraction of sp³-hybridized carbons (Fsp3) is 0.118. The van der Waals surface area contributed by atoms with Crippen molar-refractivity contribution in [3.05, 3.63) is 71.9 Å². The van der Waals surface area contributed by atoms with Crippen LogP contribution in [0.4, 0.5) is 0 Å². The van der Waals surface area contributed by atoms with Crippen LogP contribution in [-0.2, 0) is 15.6 Å². The Morgan fingerprint density at radius 2 is 1.76 bits per heavy atom. The van der Waals surface area contributed by atoms with E-state index in [2.05, 4.69) is 4.98 Å². The van der Waals surface area contributed by atoms with Crippen molar-refractivity contribution in [3.8, 4) is 0 Å². The standard InChI is InChI=1S/C17H15NO2S/c1-13-5-4-7-16(11-13)21(19,20)12-15-10-9-14-6-2-3-8-17(14)18-15/h2-11H,12H2,1H3. The van der Waals surface area contributed by atoms with E-state index < -0.39 is 9.84 Å². The number of hydrogen-bond acceptors (Lipinski definition) is 3. The summed E-state index contributed by atoms with van der Waals surface area (Å²) in [6, 6.07) is 18.3. The van der Waals surface area contributed by atoms with E-state index in [1.54, 1.807) is 24.3 Å². The van der Waals surface area contributed by atoms with Crippen LogP contribution in [0.1, 0.15) is 11.3 Å². The van der Waals surface area contributed by atoms with Crippen LogP contribution in [0.2, 0.25) is 0 Å². The monoisotopic (exact) mass is 297 g/mol. The maximum atomic E-state index is 12.4. The van der Waals surface area contributed by atoms with Crippen LogP contribution in [-0.4, -0.2) is 13.4 Å². The van der Waals surface area contributed by atoms with E-state index in [-0.39, 0.29) is 5.75 Å². The van der Waals surface area contributed by atoms with Crippen LogP contribution in [0.25, 0.3) is 10.9 Å². The van der Waals surface area contributed by atoms with Gasteiger partial charge in [0.05, 0.1) is 21.9 Å². The summed E-state index contributed by atoms with van der Waals surface area (Å²) in [6.07, 6.45) is 0. The molecule has 0 aliphatic rings. The number of hydrogen-bond donors (Lipinski definition) is 0. The van der Waals surface area contributed by atoms with E-state index >= 15 is 0 Å². The highest BCUT2D eigenvalue weighted by atomic mass is 32.2. The van der Waals surface area contributed by atoms with Gasteiger partial charge in [-0.3, -0.25) is 4.98 Å². The predicted octanol–water partition coefficient (Wildman–Crippen LogP) is 3.52. The Morgan fingerprint density at radius 3 is 2.57 bits per heavy atom. The lowest BCUT2D eigenvalue weighted by Gasteiger charge is -2.06. The quantitative estimate of drug-likeness (QED) is 0.743. The van der Waals surface area contributed by atoms with Crippen LogP contribution in [0.5, 0.6) is 0 Å². The van der Waals surface area contributed by atoms with Gasteiger partial charge in [-0.05, 0) is 36.8 Å². The Hall–Kier alpha value is -2.20. The van der Waals surface area contributed by atoms with Crippen LogP contribution in [0, 0.1) is 6.92 Å². The van der Waals surface area contributed by atoms with Crippen LogP contribution in [0.3, 0.4) is 0 Å². The number of aryl methyl sites for hydroxylation is 1. The van der Waals surface area contributed by atoms with Crippen molar-refractivity contribution in [2.45, 2.75) is 17.6 Å². The molecule has 106 valence electrons. The lowest BCUT2D eigenvalue weighted by molar-refractivity contribution is 0.594. The van der Waals surface area contributed by atoms with Crippen molar-refractivity contribution in [2.75, 3.05) is 0 Å². The molecular weight excluding hydrogens is 282 g/mol. The van der Waals surface area contributed by atoms with Crippen LogP contribution >= 0.6 is 0 Å². The number of aromatic nitrogens is 1. The van der Waals surface area contributed by atoms with Gasteiger partial charge in [0.2, 0.25) is 0 Å². The lowest BCUT2D eigenvalue weighted by Crippen LogP contribution is -2.06. The minimum absolute atomic E-state index is 0.0821. The molecule has 0 saturated carbocycles. The van der Waals surface area contributed by atoms with Gasteiger partial charge in [-0.2, -0.15) is 0 Å². The fourth-order valence-electron chi connectivity index (χ4n) is 2.28. The van der Waals surface area contributed by atoms with Crippen molar-refractivity contribution < 1.29 is 8.42 Å². The fourth-order valence-corrected chi connectivity index (χ4v) is 3.64. The average molecular weight is 297 g/mol. The van der Waals surface area contributed by atoms with E-state index in [1.165, 1.54) is 0 Å². The first-order valence-electron chi connectivity index (χ1n) is 6.69. The zero-order valence-electron chi connectivity index (χ0n) is 11.7. The summed E-state index contributed by atoms with van der Waals surface area (Å²) in [5, 5.41) is 1.01. The smallest absolute Gasteiger partial charge is 0.184 e. The van der Waals surface area contributed by atoms with E-state index in [0.717, 1.165) is 16.5 Å². The zero-order valence-corrected chi connectivity index (χ0v) is 12.5. The van der Waals surface area contributed by atoms with E-state index in [1.807, 2.05) is 43.3 Å². The summed E-state index contributed by atoms with van der Waals surface area (Å²) < 4.78 is 24.9. The van der Waals surface area contributed by atoms with Crippen molar-refractivity contribution >= 4 is 20.7 Å². The third-order valence-electron chi connectivity index (χ3n) is 3.34. The maximum absolute atomic E-state index is 12.4. The number of para-hydroxylation sites is 1. The molecule has 0 fully saturated rings. The number of nitrogens with zero attached hydrogens (tertiary/aromatic N) is 1. The second-order valence-electron chi connectivity index (χ2n) is 5.07. The normalized spacial score (nSPS) is 11.7. The van der Waals surface area contributed by atoms with Gasteiger partial charge < -0.3 is 0 Å². The molecular formula is C17H15NO2S. The number of sulfone groups is 1. The van der Waals surface area contributed by atoms with Crippen molar-refractivity contribution in [1.29, 1.82) is 0 Å². The summed E-state index contributed by atoms with van der Waals surface area (Å²) >= 11 is 0. The Morgan fingerprint density at radius 1 is 0.952 bits per heavy atom. The molecule has 2 aromatic carbocycles. The summed E-state index contributed by atoms with van der Waals surface area (Å²) in [5.74, 6) is -0.0821. The van der Waals surface area contributed by atoms with Gasteiger partial charge in [0.25, 0.3) is 0 Å². The molecule has 3 aromatic rings. The van der Waals surface area contributed by atoms with Gasteiger partial charge in [-0.15, -0.1) is 0 Å². The molecule has 1 heterocycles. The predicted molar refractivity (Wildman–Crippen MR) is 83.8 cm³/mol. The van der Waals surface area contributed by atoms with Crippen molar-refractivity contribution in [1.82, 2.24) is 4.98 Å². The first-order valence-corrected chi connectivity index (χ1v) is 8.34. The molecule has 3 nitrogen and oxygen atoms in total.